The number of hydrogen-bond acceptors (Lipinski definition) is 3. The van der Waals surface area contributed by atoms with Crippen molar-refractivity contribution in [2.45, 2.75) is 34.1 Å². The standard InChI is InChI=1S/C14H23NO2/c1-5-16-11-7-6-8-12(13(11)15)17-10-9-14(2,3)4/h6-8H,5,9-10,15H2,1-4H3. The monoisotopic (exact) mass is 237 g/mol. The first-order valence-electron chi connectivity index (χ1n) is 6.08. The van der Waals surface area contributed by atoms with Crippen molar-refractivity contribution >= 4 is 5.69 Å². The highest BCUT2D eigenvalue weighted by atomic mass is 16.5. The number of rotatable bonds is 5. The highest BCUT2D eigenvalue weighted by Gasteiger charge is 2.11. The van der Waals surface area contributed by atoms with Gasteiger partial charge in [-0.2, -0.15) is 0 Å². The first-order valence-corrected chi connectivity index (χ1v) is 6.08. The summed E-state index contributed by atoms with van der Waals surface area (Å²) < 4.78 is 11.1. The average Bonchev–Trinajstić information content (AvgIpc) is 2.22. The maximum Gasteiger partial charge on any atom is 0.146 e. The maximum atomic E-state index is 5.97. The summed E-state index contributed by atoms with van der Waals surface area (Å²) in [5.74, 6) is 1.40. The zero-order chi connectivity index (χ0) is 12.9. The van der Waals surface area contributed by atoms with Gasteiger partial charge in [-0.25, -0.2) is 0 Å². The van der Waals surface area contributed by atoms with Gasteiger partial charge in [0.25, 0.3) is 0 Å². The van der Waals surface area contributed by atoms with Crippen LogP contribution in [0.4, 0.5) is 5.69 Å². The van der Waals surface area contributed by atoms with Crippen molar-refractivity contribution < 1.29 is 9.47 Å². The molecule has 0 fully saturated rings. The van der Waals surface area contributed by atoms with E-state index in [2.05, 4.69) is 20.8 Å². The van der Waals surface area contributed by atoms with Crippen molar-refractivity contribution in [3.8, 4) is 11.5 Å². The predicted molar refractivity (Wildman–Crippen MR) is 71.6 cm³/mol. The minimum Gasteiger partial charge on any atom is -0.492 e. The molecule has 0 aromatic heterocycles. The summed E-state index contributed by atoms with van der Waals surface area (Å²) in [4.78, 5) is 0. The fourth-order valence-corrected chi connectivity index (χ4v) is 1.40. The Bertz CT molecular complexity index is 356. The minimum absolute atomic E-state index is 0.270. The van der Waals surface area contributed by atoms with Crippen LogP contribution in [0.2, 0.25) is 0 Å². The first kappa shape index (κ1) is 13.7. The molecule has 0 aliphatic heterocycles. The second-order valence-corrected chi connectivity index (χ2v) is 5.26. The second kappa shape index (κ2) is 5.80. The van der Waals surface area contributed by atoms with E-state index in [1.165, 1.54) is 0 Å². The molecule has 0 radical (unpaired) electrons. The van der Waals surface area contributed by atoms with Crippen LogP contribution >= 0.6 is 0 Å². The first-order chi connectivity index (χ1) is 7.94. The lowest BCUT2D eigenvalue weighted by atomic mass is 9.93. The second-order valence-electron chi connectivity index (χ2n) is 5.26. The van der Waals surface area contributed by atoms with Gasteiger partial charge < -0.3 is 15.2 Å². The third-order valence-electron chi connectivity index (χ3n) is 2.44. The van der Waals surface area contributed by atoms with Crippen LogP contribution < -0.4 is 15.2 Å². The molecule has 1 aromatic carbocycles. The zero-order valence-electron chi connectivity index (χ0n) is 11.2. The summed E-state index contributed by atoms with van der Waals surface area (Å²) in [6, 6.07) is 5.63. The van der Waals surface area contributed by atoms with Crippen LogP contribution in [0.3, 0.4) is 0 Å². The number of anilines is 1. The van der Waals surface area contributed by atoms with Crippen LogP contribution in [0, 0.1) is 5.41 Å². The Labute approximate surface area is 104 Å². The van der Waals surface area contributed by atoms with E-state index in [4.69, 9.17) is 15.2 Å². The van der Waals surface area contributed by atoms with Crippen LogP contribution in [-0.2, 0) is 0 Å². The van der Waals surface area contributed by atoms with Gasteiger partial charge in [-0.3, -0.25) is 0 Å². The summed E-state index contributed by atoms with van der Waals surface area (Å²) in [6.07, 6.45) is 0.991. The summed E-state index contributed by atoms with van der Waals surface area (Å²) in [6.45, 7) is 9.79. The van der Waals surface area contributed by atoms with E-state index in [-0.39, 0.29) is 5.41 Å². The predicted octanol–water partition coefficient (Wildman–Crippen LogP) is 3.48. The SMILES string of the molecule is CCOc1cccc(OCCC(C)(C)C)c1N. The minimum atomic E-state index is 0.270. The van der Waals surface area contributed by atoms with Gasteiger partial charge in [0, 0.05) is 0 Å². The molecule has 17 heavy (non-hydrogen) atoms. The van der Waals surface area contributed by atoms with E-state index in [0.29, 0.717) is 30.4 Å². The van der Waals surface area contributed by atoms with Crippen LogP contribution in [0.25, 0.3) is 0 Å². The summed E-state index contributed by atoms with van der Waals surface area (Å²) >= 11 is 0. The van der Waals surface area contributed by atoms with Gasteiger partial charge in [-0.1, -0.05) is 26.8 Å². The molecule has 0 bridgehead atoms. The van der Waals surface area contributed by atoms with Gasteiger partial charge in [0.15, 0.2) is 0 Å². The van der Waals surface area contributed by atoms with E-state index >= 15 is 0 Å². The molecule has 3 nitrogen and oxygen atoms in total. The van der Waals surface area contributed by atoms with E-state index in [0.717, 1.165) is 6.42 Å². The van der Waals surface area contributed by atoms with Crippen LogP contribution in [0.5, 0.6) is 11.5 Å². The van der Waals surface area contributed by atoms with Gasteiger partial charge in [-0.15, -0.1) is 0 Å². The molecule has 96 valence electrons. The molecular weight excluding hydrogens is 214 g/mol. The number of para-hydroxylation sites is 1. The van der Waals surface area contributed by atoms with E-state index in [9.17, 15) is 0 Å². The third-order valence-corrected chi connectivity index (χ3v) is 2.44. The van der Waals surface area contributed by atoms with Gasteiger partial charge >= 0.3 is 0 Å². The zero-order valence-corrected chi connectivity index (χ0v) is 11.2. The van der Waals surface area contributed by atoms with Crippen molar-refractivity contribution in [3.05, 3.63) is 18.2 Å². The Morgan fingerprint density at radius 1 is 1.12 bits per heavy atom. The Morgan fingerprint density at radius 3 is 2.24 bits per heavy atom. The molecule has 3 heteroatoms. The Hall–Kier alpha value is -1.38. The van der Waals surface area contributed by atoms with E-state index in [1.54, 1.807) is 0 Å². The molecule has 1 aromatic rings. The number of hydrogen-bond donors (Lipinski definition) is 1. The molecular formula is C14H23NO2. The molecule has 0 aliphatic carbocycles. The summed E-state index contributed by atoms with van der Waals surface area (Å²) in [5.41, 5.74) is 6.83. The third kappa shape index (κ3) is 4.55. The van der Waals surface area contributed by atoms with Crippen molar-refractivity contribution in [1.82, 2.24) is 0 Å². The fourth-order valence-electron chi connectivity index (χ4n) is 1.40. The van der Waals surface area contributed by atoms with Crippen molar-refractivity contribution in [2.24, 2.45) is 5.41 Å². The van der Waals surface area contributed by atoms with Crippen molar-refractivity contribution in [1.29, 1.82) is 0 Å². The van der Waals surface area contributed by atoms with Gasteiger partial charge in [0.2, 0.25) is 0 Å². The number of nitrogens with two attached hydrogens (primary N) is 1. The molecule has 1 rings (SSSR count). The number of benzene rings is 1. The topological polar surface area (TPSA) is 44.5 Å². The van der Waals surface area contributed by atoms with Crippen LogP contribution in [0.15, 0.2) is 18.2 Å². The van der Waals surface area contributed by atoms with E-state index < -0.39 is 0 Å². The summed E-state index contributed by atoms with van der Waals surface area (Å²) in [7, 11) is 0. The molecule has 0 heterocycles. The van der Waals surface area contributed by atoms with Gasteiger partial charge in [0.1, 0.15) is 17.2 Å². The lowest BCUT2D eigenvalue weighted by Gasteiger charge is -2.19. The van der Waals surface area contributed by atoms with Crippen LogP contribution in [-0.4, -0.2) is 13.2 Å². The molecule has 0 aliphatic rings. The molecule has 0 unspecified atom stereocenters. The fraction of sp³-hybridized carbons (Fsp3) is 0.571. The van der Waals surface area contributed by atoms with E-state index in [1.807, 2.05) is 25.1 Å². The van der Waals surface area contributed by atoms with Crippen LogP contribution in [0.1, 0.15) is 34.1 Å². The Balaban J connectivity index is 2.62. The number of ether oxygens (including phenoxy) is 2. The maximum absolute atomic E-state index is 5.97. The average molecular weight is 237 g/mol. The summed E-state index contributed by atoms with van der Waals surface area (Å²) in [5, 5.41) is 0. The molecule has 0 atom stereocenters. The lowest BCUT2D eigenvalue weighted by Crippen LogP contribution is -2.11. The molecule has 0 saturated carbocycles. The molecule has 0 saturated heterocycles. The number of nitrogen functional groups attached to an aromatic ring is 1. The Morgan fingerprint density at radius 2 is 1.71 bits per heavy atom. The smallest absolute Gasteiger partial charge is 0.146 e. The largest absolute Gasteiger partial charge is 0.492 e. The lowest BCUT2D eigenvalue weighted by molar-refractivity contribution is 0.243. The molecule has 2 N–H and O–H groups in total. The molecule has 0 amide bonds. The van der Waals surface area contributed by atoms with Crippen molar-refractivity contribution in [2.75, 3.05) is 18.9 Å². The van der Waals surface area contributed by atoms with Crippen molar-refractivity contribution in [3.63, 3.8) is 0 Å². The Kier molecular flexibility index (Phi) is 4.67. The normalized spacial score (nSPS) is 11.3. The molecule has 0 spiro atoms. The van der Waals surface area contributed by atoms with Gasteiger partial charge in [-0.05, 0) is 30.9 Å². The quantitative estimate of drug-likeness (QED) is 0.797. The van der Waals surface area contributed by atoms with Gasteiger partial charge in [0.05, 0.1) is 13.2 Å². The highest BCUT2D eigenvalue weighted by Crippen LogP contribution is 2.31. The highest BCUT2D eigenvalue weighted by molar-refractivity contribution is 5.62.